The first-order chi connectivity index (χ1) is 6.47. The highest BCUT2D eigenvalue weighted by atomic mass is 31.0. The molecule has 1 saturated carbocycles. The lowest BCUT2D eigenvalue weighted by molar-refractivity contribution is 0.460. The smallest absolute Gasteiger partial charge is 0.0142 e. The number of H-pyrrole nitrogens is 1. The van der Waals surface area contributed by atoms with E-state index in [0.717, 1.165) is 5.92 Å². The third-order valence-electron chi connectivity index (χ3n) is 3.05. The first-order valence-electron chi connectivity index (χ1n) is 5.46. The number of hydrogen-bond acceptors (Lipinski definition) is 0. The van der Waals surface area contributed by atoms with E-state index in [-0.39, 0.29) is 0 Å². The Bertz CT molecular complexity index is 222. The Balaban J connectivity index is 1.96. The van der Waals surface area contributed by atoms with Crippen LogP contribution in [0.3, 0.4) is 0 Å². The van der Waals surface area contributed by atoms with Gasteiger partial charge in [0.05, 0.1) is 0 Å². The molecule has 0 atom stereocenters. The van der Waals surface area contributed by atoms with E-state index in [2.05, 4.69) is 17.0 Å². The van der Waals surface area contributed by atoms with Crippen LogP contribution in [-0.2, 0) is 0 Å². The average molecular weight is 195 g/mol. The Morgan fingerprint density at radius 1 is 1.08 bits per heavy atom. The summed E-state index contributed by atoms with van der Waals surface area (Å²) in [6.45, 7) is 0. The normalized spacial score (nSPS) is 21.5. The lowest BCUT2D eigenvalue weighted by atomic mass is 9.90. The molecule has 1 nitrogen and oxygen atoms in total. The molecule has 1 aliphatic carbocycles. The summed E-state index contributed by atoms with van der Waals surface area (Å²) >= 11 is 0. The summed E-state index contributed by atoms with van der Waals surface area (Å²) in [5.74, 6) is 0.883. The standard InChI is InChI=1S/C11H18NP/c1-2-4-6-10(7-5-3-1)11-8-9-12-13-11/h8-10,12H,1-7H2. The summed E-state index contributed by atoms with van der Waals surface area (Å²) in [5, 5.41) is 1.63. The summed E-state index contributed by atoms with van der Waals surface area (Å²) in [5.41, 5.74) is 0. The Hall–Kier alpha value is -0.290. The molecule has 0 spiro atoms. The van der Waals surface area contributed by atoms with Gasteiger partial charge in [0.25, 0.3) is 0 Å². The van der Waals surface area contributed by atoms with Crippen LogP contribution in [0.4, 0.5) is 0 Å². The topological polar surface area (TPSA) is 15.8 Å². The monoisotopic (exact) mass is 195 g/mol. The molecule has 2 rings (SSSR count). The van der Waals surface area contributed by atoms with E-state index in [0.29, 0.717) is 0 Å². The van der Waals surface area contributed by atoms with Crippen LogP contribution < -0.4 is 0 Å². The van der Waals surface area contributed by atoms with Gasteiger partial charge in [-0.05, 0) is 24.8 Å². The van der Waals surface area contributed by atoms with E-state index in [1.807, 2.05) is 0 Å². The van der Waals surface area contributed by atoms with E-state index in [1.165, 1.54) is 53.3 Å². The number of hydrogen-bond donors (Lipinski definition) is 1. The van der Waals surface area contributed by atoms with Gasteiger partial charge in [0.1, 0.15) is 0 Å². The van der Waals surface area contributed by atoms with Gasteiger partial charge in [-0.15, -0.1) is 0 Å². The van der Waals surface area contributed by atoms with Crippen LogP contribution in [0.1, 0.15) is 56.2 Å². The van der Waals surface area contributed by atoms with Crippen LogP contribution in [0, 0.1) is 0 Å². The number of aromatic nitrogens is 1. The van der Waals surface area contributed by atoms with Crippen molar-refractivity contribution in [3.8, 4) is 0 Å². The molecule has 0 aliphatic heterocycles. The lowest BCUT2D eigenvalue weighted by Gasteiger charge is -2.17. The van der Waals surface area contributed by atoms with Crippen molar-refractivity contribution in [1.29, 1.82) is 0 Å². The fourth-order valence-electron chi connectivity index (χ4n) is 2.25. The summed E-state index contributed by atoms with van der Waals surface area (Å²) in [6.07, 6.45) is 12.2. The first kappa shape index (κ1) is 9.27. The van der Waals surface area contributed by atoms with E-state index in [4.69, 9.17) is 0 Å². The van der Waals surface area contributed by atoms with Gasteiger partial charge >= 0.3 is 0 Å². The molecule has 1 aromatic heterocycles. The molecule has 13 heavy (non-hydrogen) atoms. The highest BCUT2D eigenvalue weighted by molar-refractivity contribution is 7.26. The lowest BCUT2D eigenvalue weighted by Crippen LogP contribution is -1.99. The second kappa shape index (κ2) is 4.81. The maximum absolute atomic E-state index is 3.26. The zero-order valence-corrected chi connectivity index (χ0v) is 9.02. The SMILES string of the molecule is c1cc(C2CCCCCCC2)p[nH]1. The van der Waals surface area contributed by atoms with Crippen LogP contribution in [0.25, 0.3) is 0 Å². The maximum atomic E-state index is 3.26. The van der Waals surface area contributed by atoms with Crippen LogP contribution in [-0.4, -0.2) is 4.75 Å². The largest absolute Gasteiger partial charge is 0.344 e. The molecule has 1 heterocycles. The molecular weight excluding hydrogens is 177 g/mol. The van der Waals surface area contributed by atoms with Gasteiger partial charge in [0.15, 0.2) is 0 Å². The molecule has 0 unspecified atom stereocenters. The molecule has 1 fully saturated rings. The van der Waals surface area contributed by atoms with Gasteiger partial charge in [-0.2, -0.15) is 0 Å². The number of rotatable bonds is 1. The molecule has 0 aromatic carbocycles. The molecule has 0 radical (unpaired) electrons. The van der Waals surface area contributed by atoms with Crippen LogP contribution in [0.5, 0.6) is 0 Å². The quantitative estimate of drug-likeness (QED) is 0.682. The van der Waals surface area contributed by atoms with E-state index >= 15 is 0 Å². The van der Waals surface area contributed by atoms with Crippen molar-refractivity contribution >= 4 is 8.35 Å². The zero-order valence-electron chi connectivity index (χ0n) is 8.13. The molecular formula is C11H18NP. The van der Waals surface area contributed by atoms with Gasteiger partial charge in [-0.3, -0.25) is 0 Å². The van der Waals surface area contributed by atoms with Crippen LogP contribution in [0.2, 0.25) is 0 Å². The second-order valence-corrected chi connectivity index (χ2v) is 5.04. The minimum absolute atomic E-state index is 0.883. The predicted octanol–water partition coefficient (Wildman–Crippen LogP) is 4.42. The number of nitrogens with one attached hydrogen (secondary N) is 1. The van der Waals surface area contributed by atoms with Gasteiger partial charge in [0, 0.05) is 19.8 Å². The van der Waals surface area contributed by atoms with Crippen molar-refractivity contribution in [2.75, 3.05) is 0 Å². The minimum atomic E-state index is 0.883. The third kappa shape index (κ3) is 2.57. The Kier molecular flexibility index (Phi) is 3.43. The first-order valence-corrected chi connectivity index (χ1v) is 6.36. The van der Waals surface area contributed by atoms with Gasteiger partial charge in [0.2, 0.25) is 0 Å². The fourth-order valence-corrected chi connectivity index (χ4v) is 3.14. The van der Waals surface area contributed by atoms with Crippen molar-refractivity contribution < 1.29 is 0 Å². The fraction of sp³-hybridized carbons (Fsp3) is 0.727. The number of aromatic amines is 1. The highest BCUT2D eigenvalue weighted by Crippen LogP contribution is 2.33. The average Bonchev–Trinajstić information content (AvgIpc) is 2.55. The molecule has 1 N–H and O–H groups in total. The maximum Gasteiger partial charge on any atom is 0.0142 e. The van der Waals surface area contributed by atoms with Crippen molar-refractivity contribution in [1.82, 2.24) is 4.75 Å². The van der Waals surface area contributed by atoms with Crippen molar-refractivity contribution in [3.63, 3.8) is 0 Å². The summed E-state index contributed by atoms with van der Waals surface area (Å²) in [7, 11) is 1.35. The minimum Gasteiger partial charge on any atom is -0.344 e. The Morgan fingerprint density at radius 2 is 1.77 bits per heavy atom. The molecule has 0 bridgehead atoms. The molecule has 1 aliphatic rings. The summed E-state index contributed by atoms with van der Waals surface area (Å²) < 4.78 is 3.26. The Labute approximate surface area is 82.1 Å². The molecule has 72 valence electrons. The van der Waals surface area contributed by atoms with E-state index < -0.39 is 0 Å². The van der Waals surface area contributed by atoms with Gasteiger partial charge < -0.3 is 4.75 Å². The molecule has 1 aromatic rings. The predicted molar refractivity (Wildman–Crippen MR) is 58.4 cm³/mol. The van der Waals surface area contributed by atoms with Crippen molar-refractivity contribution in [2.24, 2.45) is 0 Å². The van der Waals surface area contributed by atoms with Crippen molar-refractivity contribution in [2.45, 2.75) is 50.9 Å². The van der Waals surface area contributed by atoms with Crippen LogP contribution >= 0.6 is 8.35 Å². The Morgan fingerprint density at radius 3 is 2.38 bits per heavy atom. The van der Waals surface area contributed by atoms with Gasteiger partial charge in [-0.25, -0.2) is 0 Å². The zero-order chi connectivity index (χ0) is 8.93. The highest BCUT2D eigenvalue weighted by Gasteiger charge is 2.13. The summed E-state index contributed by atoms with van der Waals surface area (Å²) in [6, 6.07) is 2.29. The van der Waals surface area contributed by atoms with Gasteiger partial charge in [-0.1, -0.05) is 32.1 Å². The van der Waals surface area contributed by atoms with E-state index in [9.17, 15) is 0 Å². The second-order valence-electron chi connectivity index (χ2n) is 4.04. The summed E-state index contributed by atoms with van der Waals surface area (Å²) in [4.78, 5) is 0. The van der Waals surface area contributed by atoms with Crippen LogP contribution in [0.15, 0.2) is 12.3 Å². The molecule has 0 amide bonds. The van der Waals surface area contributed by atoms with E-state index in [1.54, 1.807) is 5.30 Å². The third-order valence-corrected chi connectivity index (χ3v) is 4.10. The molecule has 0 saturated heterocycles. The van der Waals surface area contributed by atoms with Crippen molar-refractivity contribution in [3.05, 3.63) is 17.6 Å². The molecule has 2 heteroatoms.